The molecule has 3 rings (SSSR count). The molecule has 1 aromatic rings. The van der Waals surface area contributed by atoms with Crippen molar-refractivity contribution in [3.8, 4) is 0 Å². The fourth-order valence-corrected chi connectivity index (χ4v) is 3.85. The fourth-order valence-electron chi connectivity index (χ4n) is 3.85. The summed E-state index contributed by atoms with van der Waals surface area (Å²) >= 11 is 0. The Bertz CT molecular complexity index is 514. The van der Waals surface area contributed by atoms with Crippen molar-refractivity contribution in [3.63, 3.8) is 0 Å². The number of aryl methyl sites for hydroxylation is 1. The van der Waals surface area contributed by atoms with E-state index >= 15 is 0 Å². The molecular weight excluding hydrogens is 278 g/mol. The SMILES string of the molecule is CNCCN1C(=O)CC[C@H]2CN(Cc3nc[nH]c3C)CC[C@H]21. The largest absolute Gasteiger partial charge is 0.348 e. The second-order valence-corrected chi connectivity index (χ2v) is 6.55. The van der Waals surface area contributed by atoms with Gasteiger partial charge in [-0.15, -0.1) is 0 Å². The number of piperidine rings is 2. The third-order valence-corrected chi connectivity index (χ3v) is 5.14. The van der Waals surface area contributed by atoms with E-state index in [-0.39, 0.29) is 0 Å². The Kier molecular flexibility index (Phi) is 4.78. The number of hydrogen-bond acceptors (Lipinski definition) is 4. The number of carbonyl (C=O) groups is 1. The molecule has 3 heterocycles. The number of aromatic amines is 1. The summed E-state index contributed by atoms with van der Waals surface area (Å²) in [6, 6.07) is 0.436. The first-order chi connectivity index (χ1) is 10.7. The zero-order valence-corrected chi connectivity index (χ0v) is 13.6. The molecule has 2 atom stereocenters. The van der Waals surface area contributed by atoms with Gasteiger partial charge in [0.15, 0.2) is 0 Å². The molecule has 0 aromatic carbocycles. The molecule has 22 heavy (non-hydrogen) atoms. The second-order valence-electron chi connectivity index (χ2n) is 6.55. The quantitative estimate of drug-likeness (QED) is 0.843. The Hall–Kier alpha value is -1.40. The van der Waals surface area contributed by atoms with E-state index in [0.29, 0.717) is 24.3 Å². The van der Waals surface area contributed by atoms with E-state index in [1.54, 1.807) is 6.33 Å². The molecule has 122 valence electrons. The van der Waals surface area contributed by atoms with Crippen LogP contribution in [0.2, 0.25) is 0 Å². The Morgan fingerprint density at radius 3 is 3.05 bits per heavy atom. The number of nitrogens with zero attached hydrogens (tertiary/aromatic N) is 3. The predicted molar refractivity (Wildman–Crippen MR) is 85.4 cm³/mol. The van der Waals surface area contributed by atoms with Crippen LogP contribution in [0.3, 0.4) is 0 Å². The molecule has 0 aliphatic carbocycles. The van der Waals surface area contributed by atoms with Crippen molar-refractivity contribution in [3.05, 3.63) is 17.7 Å². The first-order valence-electron chi connectivity index (χ1n) is 8.34. The fraction of sp³-hybridized carbons (Fsp3) is 0.750. The number of H-pyrrole nitrogens is 1. The molecule has 2 N–H and O–H groups in total. The lowest BCUT2D eigenvalue weighted by molar-refractivity contribution is -0.141. The summed E-state index contributed by atoms with van der Waals surface area (Å²) in [6.45, 7) is 6.86. The highest BCUT2D eigenvalue weighted by atomic mass is 16.2. The van der Waals surface area contributed by atoms with Crippen LogP contribution >= 0.6 is 0 Å². The molecule has 2 saturated heterocycles. The van der Waals surface area contributed by atoms with Gasteiger partial charge in [-0.25, -0.2) is 4.98 Å². The highest BCUT2D eigenvalue weighted by Gasteiger charge is 2.38. The zero-order chi connectivity index (χ0) is 15.5. The van der Waals surface area contributed by atoms with E-state index in [0.717, 1.165) is 57.0 Å². The molecule has 2 fully saturated rings. The van der Waals surface area contributed by atoms with Gasteiger partial charge in [-0.2, -0.15) is 0 Å². The molecule has 6 nitrogen and oxygen atoms in total. The van der Waals surface area contributed by atoms with Crippen molar-refractivity contribution in [2.45, 2.75) is 38.8 Å². The van der Waals surface area contributed by atoms with Crippen molar-refractivity contribution in [1.82, 2.24) is 25.1 Å². The first kappa shape index (κ1) is 15.5. The summed E-state index contributed by atoms with van der Waals surface area (Å²) in [6.07, 6.45) is 4.61. The molecule has 0 radical (unpaired) electrons. The number of nitrogens with one attached hydrogen (secondary N) is 2. The van der Waals surface area contributed by atoms with Gasteiger partial charge in [0.05, 0.1) is 12.0 Å². The smallest absolute Gasteiger partial charge is 0.222 e. The number of likely N-dealkylation sites (N-methyl/N-ethyl adjacent to an activating group) is 1. The van der Waals surface area contributed by atoms with Crippen molar-refractivity contribution in [1.29, 1.82) is 0 Å². The molecule has 0 bridgehead atoms. The van der Waals surface area contributed by atoms with Crippen molar-refractivity contribution in [2.24, 2.45) is 5.92 Å². The Morgan fingerprint density at radius 2 is 2.32 bits per heavy atom. The van der Waals surface area contributed by atoms with Crippen LogP contribution in [-0.2, 0) is 11.3 Å². The number of imidazole rings is 1. The molecule has 0 spiro atoms. The Labute approximate surface area is 132 Å². The number of rotatable bonds is 5. The Balaban J connectivity index is 1.61. The third-order valence-electron chi connectivity index (χ3n) is 5.14. The van der Waals surface area contributed by atoms with Crippen LogP contribution in [0, 0.1) is 12.8 Å². The molecular formula is C16H27N5O. The summed E-state index contributed by atoms with van der Waals surface area (Å²) in [5, 5.41) is 3.16. The van der Waals surface area contributed by atoms with Crippen molar-refractivity contribution in [2.75, 3.05) is 33.2 Å². The standard InChI is InChI=1S/C16H27N5O/c1-12-14(19-11-18-12)10-20-7-5-15-13(9-20)3-4-16(22)21(15)8-6-17-2/h11,13,15,17H,3-10H2,1-2H3,(H,18,19)/t13-,15+/m0/s1. The van der Waals surface area contributed by atoms with Crippen LogP contribution in [0.4, 0.5) is 0 Å². The van der Waals surface area contributed by atoms with Gasteiger partial charge >= 0.3 is 0 Å². The monoisotopic (exact) mass is 305 g/mol. The maximum absolute atomic E-state index is 12.2. The van der Waals surface area contributed by atoms with E-state index in [4.69, 9.17) is 0 Å². The number of carbonyl (C=O) groups excluding carboxylic acids is 1. The van der Waals surface area contributed by atoms with Crippen LogP contribution in [0.5, 0.6) is 0 Å². The third kappa shape index (κ3) is 3.17. The van der Waals surface area contributed by atoms with E-state index in [1.807, 2.05) is 7.05 Å². The normalized spacial score (nSPS) is 26.3. The zero-order valence-electron chi connectivity index (χ0n) is 13.6. The molecule has 1 aromatic heterocycles. The van der Waals surface area contributed by atoms with E-state index < -0.39 is 0 Å². The first-order valence-corrected chi connectivity index (χ1v) is 8.34. The summed E-state index contributed by atoms with van der Waals surface area (Å²) in [7, 11) is 1.95. The van der Waals surface area contributed by atoms with Gasteiger partial charge in [0.1, 0.15) is 0 Å². The van der Waals surface area contributed by atoms with Gasteiger partial charge in [0.2, 0.25) is 5.91 Å². The summed E-state index contributed by atoms with van der Waals surface area (Å²) < 4.78 is 0. The van der Waals surface area contributed by atoms with Gasteiger partial charge in [-0.05, 0) is 32.7 Å². The van der Waals surface area contributed by atoms with Crippen LogP contribution < -0.4 is 5.32 Å². The minimum atomic E-state index is 0.341. The lowest BCUT2D eigenvalue weighted by Gasteiger charge is -2.47. The maximum atomic E-state index is 12.2. The lowest BCUT2D eigenvalue weighted by atomic mass is 9.83. The van der Waals surface area contributed by atoms with Gasteiger partial charge < -0.3 is 15.2 Å². The van der Waals surface area contributed by atoms with Crippen LogP contribution in [0.15, 0.2) is 6.33 Å². The predicted octanol–water partition coefficient (Wildman–Crippen LogP) is 0.750. The minimum Gasteiger partial charge on any atom is -0.348 e. The maximum Gasteiger partial charge on any atom is 0.222 e. The van der Waals surface area contributed by atoms with Crippen molar-refractivity contribution < 1.29 is 4.79 Å². The van der Waals surface area contributed by atoms with Crippen molar-refractivity contribution >= 4 is 5.91 Å². The summed E-state index contributed by atoms with van der Waals surface area (Å²) in [5.41, 5.74) is 2.31. The molecule has 6 heteroatoms. The van der Waals surface area contributed by atoms with E-state index in [9.17, 15) is 4.79 Å². The lowest BCUT2D eigenvalue weighted by Crippen LogP contribution is -2.56. The van der Waals surface area contributed by atoms with Gasteiger partial charge in [0.25, 0.3) is 0 Å². The number of amides is 1. The van der Waals surface area contributed by atoms with Gasteiger partial charge in [-0.1, -0.05) is 0 Å². The second kappa shape index (κ2) is 6.79. The molecule has 2 aliphatic rings. The molecule has 0 saturated carbocycles. The number of fused-ring (bicyclic) bond motifs is 1. The molecule has 2 aliphatic heterocycles. The van der Waals surface area contributed by atoms with E-state index in [1.165, 1.54) is 0 Å². The topological polar surface area (TPSA) is 64.3 Å². The van der Waals surface area contributed by atoms with Gasteiger partial charge in [0, 0.05) is 50.9 Å². The average molecular weight is 305 g/mol. The molecule has 0 unspecified atom stereocenters. The Morgan fingerprint density at radius 1 is 1.45 bits per heavy atom. The minimum absolute atomic E-state index is 0.341. The number of hydrogen-bond donors (Lipinski definition) is 2. The summed E-state index contributed by atoms with van der Waals surface area (Å²) in [4.78, 5) is 24.4. The highest BCUT2D eigenvalue weighted by molar-refractivity contribution is 5.77. The van der Waals surface area contributed by atoms with Crippen LogP contribution in [0.1, 0.15) is 30.7 Å². The van der Waals surface area contributed by atoms with E-state index in [2.05, 4.69) is 32.0 Å². The summed E-state index contributed by atoms with van der Waals surface area (Å²) in [5.74, 6) is 0.954. The van der Waals surface area contributed by atoms with Crippen LogP contribution in [0.25, 0.3) is 0 Å². The molecule has 1 amide bonds. The van der Waals surface area contributed by atoms with Gasteiger partial charge in [-0.3, -0.25) is 9.69 Å². The van der Waals surface area contributed by atoms with Crippen LogP contribution in [-0.4, -0.2) is 64.9 Å². The number of likely N-dealkylation sites (tertiary alicyclic amines) is 2. The highest BCUT2D eigenvalue weighted by Crippen LogP contribution is 2.31. The number of aromatic nitrogens is 2. The average Bonchev–Trinajstić information content (AvgIpc) is 2.91.